The first-order valence-electron chi connectivity index (χ1n) is 17.8. The second kappa shape index (κ2) is 13.8. The summed E-state index contributed by atoms with van der Waals surface area (Å²) in [6.07, 6.45) is 6.33. The molecule has 0 spiro atoms. The van der Waals surface area contributed by atoms with Gasteiger partial charge in [0.05, 0.1) is 31.1 Å². The van der Waals surface area contributed by atoms with Crippen molar-refractivity contribution in [1.82, 2.24) is 59.5 Å². The Morgan fingerprint density at radius 2 is 1.30 bits per heavy atom. The lowest BCUT2D eigenvalue weighted by molar-refractivity contribution is 0.0544. The molecule has 0 saturated carbocycles. The number of anilines is 2. The summed E-state index contributed by atoms with van der Waals surface area (Å²) >= 11 is 0. The van der Waals surface area contributed by atoms with E-state index in [0.29, 0.717) is 58.3 Å². The molecule has 0 atom stereocenters. The predicted octanol–water partition coefficient (Wildman–Crippen LogP) is 6.44. The van der Waals surface area contributed by atoms with Gasteiger partial charge in [-0.2, -0.15) is 9.97 Å². The number of furan rings is 2. The highest BCUT2D eigenvalue weighted by molar-refractivity contribution is 5.92. The molecule has 0 unspecified atom stereocenters. The van der Waals surface area contributed by atoms with Crippen molar-refractivity contribution in [2.24, 2.45) is 0 Å². The van der Waals surface area contributed by atoms with Crippen molar-refractivity contribution in [2.75, 3.05) is 11.5 Å². The summed E-state index contributed by atoms with van der Waals surface area (Å²) in [5.74, 6) is 1.37. The number of ether oxygens (including phenoxy) is 1. The second-order valence-electron chi connectivity index (χ2n) is 14.0. The molecule has 284 valence electrons. The second-order valence-corrected chi connectivity index (χ2v) is 14.0. The minimum atomic E-state index is -0.587. The van der Waals surface area contributed by atoms with Crippen molar-refractivity contribution >= 4 is 62.1 Å². The summed E-state index contributed by atoms with van der Waals surface area (Å²) in [4.78, 5) is 33.0. The number of carbonyl (C=O) groups excluding carboxylic acids is 1. The van der Waals surface area contributed by atoms with Crippen molar-refractivity contribution in [3.8, 4) is 22.9 Å². The molecule has 8 aromatic heterocycles. The van der Waals surface area contributed by atoms with E-state index >= 15 is 0 Å². The van der Waals surface area contributed by atoms with Gasteiger partial charge in [0.25, 0.3) is 0 Å². The van der Waals surface area contributed by atoms with Crippen LogP contribution in [0.4, 0.5) is 16.7 Å². The van der Waals surface area contributed by atoms with E-state index in [1.54, 1.807) is 52.4 Å². The van der Waals surface area contributed by atoms with Crippen LogP contribution in [0.5, 0.6) is 0 Å². The van der Waals surface area contributed by atoms with Gasteiger partial charge in [-0.1, -0.05) is 34.7 Å². The molecule has 57 heavy (non-hydrogen) atoms. The highest BCUT2D eigenvalue weighted by Gasteiger charge is 2.22. The average molecular weight is 763 g/mol. The highest BCUT2D eigenvalue weighted by atomic mass is 16.6. The Kier molecular flexibility index (Phi) is 8.41. The summed E-state index contributed by atoms with van der Waals surface area (Å²) < 4.78 is 21.3. The van der Waals surface area contributed by atoms with Gasteiger partial charge in [0, 0.05) is 28.7 Å². The fourth-order valence-corrected chi connectivity index (χ4v) is 6.58. The van der Waals surface area contributed by atoms with E-state index in [1.165, 1.54) is 4.57 Å². The van der Waals surface area contributed by atoms with Crippen molar-refractivity contribution in [3.63, 3.8) is 0 Å². The third-order valence-corrected chi connectivity index (χ3v) is 9.01. The summed E-state index contributed by atoms with van der Waals surface area (Å²) in [6, 6.07) is 22.9. The summed E-state index contributed by atoms with van der Waals surface area (Å²) in [5, 5.41) is 19.1. The molecule has 2 aromatic carbocycles. The number of rotatable bonds is 6. The van der Waals surface area contributed by atoms with Crippen LogP contribution in [0, 0.1) is 0 Å². The van der Waals surface area contributed by atoms with Gasteiger partial charge in [0.1, 0.15) is 17.0 Å². The van der Waals surface area contributed by atoms with Gasteiger partial charge in [0.15, 0.2) is 33.8 Å². The summed E-state index contributed by atoms with van der Waals surface area (Å²) in [7, 11) is 0. The van der Waals surface area contributed by atoms with Crippen LogP contribution in [0.15, 0.2) is 107 Å². The van der Waals surface area contributed by atoms with Gasteiger partial charge >= 0.3 is 6.09 Å². The fourth-order valence-electron chi connectivity index (χ4n) is 6.58. The van der Waals surface area contributed by atoms with E-state index in [4.69, 9.17) is 25.0 Å². The number of aromatic nitrogens is 12. The zero-order valence-corrected chi connectivity index (χ0v) is 30.9. The molecule has 0 amide bonds. The number of aromatic amines is 1. The third-order valence-electron chi connectivity index (χ3n) is 9.01. The molecular formula is C39H34N14O4. The van der Waals surface area contributed by atoms with Crippen molar-refractivity contribution in [3.05, 3.63) is 109 Å². The van der Waals surface area contributed by atoms with Crippen LogP contribution < -0.4 is 11.5 Å². The van der Waals surface area contributed by atoms with Crippen LogP contribution in [0.1, 0.15) is 31.9 Å². The van der Waals surface area contributed by atoms with Gasteiger partial charge in [0.2, 0.25) is 11.9 Å². The number of hydrogen-bond donors (Lipinski definition) is 3. The highest BCUT2D eigenvalue weighted by Crippen LogP contribution is 2.29. The Morgan fingerprint density at radius 1 is 0.719 bits per heavy atom. The molecule has 0 aliphatic heterocycles. The first kappa shape index (κ1) is 34.9. The Labute approximate surface area is 322 Å². The van der Waals surface area contributed by atoms with Crippen molar-refractivity contribution < 1.29 is 18.4 Å². The smallest absolute Gasteiger partial charge is 0.418 e. The lowest BCUT2D eigenvalue weighted by Crippen LogP contribution is -2.26. The SMILES string of the molecule is CC(C)(C)OC(=O)n1ccc2c(Cn3nnc4c(-c5ccco5)nc(N)nc43)cccc21.Nc1nc(-c2ccco2)c2nnn(Cc3cccc4[nH]ccc34)c2n1. The van der Waals surface area contributed by atoms with E-state index in [2.05, 4.69) is 51.6 Å². The molecule has 0 aliphatic carbocycles. The Bertz CT molecular complexity index is 3040. The fraction of sp³-hybridized carbons (Fsp3) is 0.154. The molecule has 18 heteroatoms. The predicted molar refractivity (Wildman–Crippen MR) is 211 cm³/mol. The lowest BCUT2D eigenvalue weighted by Gasteiger charge is -2.19. The number of nitrogen functional groups attached to an aromatic ring is 2. The van der Waals surface area contributed by atoms with Crippen LogP contribution in [0.25, 0.3) is 67.0 Å². The van der Waals surface area contributed by atoms with Gasteiger partial charge in [-0.05, 0) is 80.4 Å². The lowest BCUT2D eigenvalue weighted by atomic mass is 10.1. The Hall–Kier alpha value is -7.89. The maximum Gasteiger partial charge on any atom is 0.418 e. The van der Waals surface area contributed by atoms with Crippen LogP contribution >= 0.6 is 0 Å². The number of H-pyrrole nitrogens is 1. The summed E-state index contributed by atoms with van der Waals surface area (Å²) in [6.45, 7) is 6.41. The largest absolute Gasteiger partial charge is 0.463 e. The average Bonchev–Trinajstić information content (AvgIpc) is 4.03. The van der Waals surface area contributed by atoms with E-state index in [9.17, 15) is 4.79 Å². The van der Waals surface area contributed by atoms with Crippen LogP contribution in [-0.2, 0) is 17.8 Å². The minimum Gasteiger partial charge on any atom is -0.463 e. The standard InChI is InChI=1S/C22H21N7O3.C17H13N7O/c1-22(2,3)32-21(30)28-10-9-14-13(6-4-7-15(14)28)12-29-19-18(26-27-29)17(24-20(23)25-19)16-8-5-11-31-16;18-17-20-14(13-5-2-8-25-13)15-16(21-17)24(23-22-15)9-10-3-1-4-12-11(10)6-7-19-12/h4-11H,12H2,1-3H3,(H2,23,24,25);1-8,19H,9H2,(H2,18,20,21). The Morgan fingerprint density at radius 3 is 1.86 bits per heavy atom. The van der Waals surface area contributed by atoms with E-state index < -0.39 is 11.7 Å². The number of nitrogens with one attached hydrogen (secondary N) is 1. The first-order chi connectivity index (χ1) is 27.6. The zero-order valence-electron chi connectivity index (χ0n) is 30.9. The number of nitrogens with zero attached hydrogens (tertiary/aromatic N) is 11. The molecule has 10 rings (SSSR count). The van der Waals surface area contributed by atoms with Crippen LogP contribution in [0.2, 0.25) is 0 Å². The van der Waals surface area contributed by atoms with Crippen molar-refractivity contribution in [1.29, 1.82) is 0 Å². The zero-order chi connectivity index (χ0) is 39.3. The quantitative estimate of drug-likeness (QED) is 0.165. The van der Waals surface area contributed by atoms with Gasteiger partial charge in [-0.3, -0.25) is 4.57 Å². The molecule has 0 fully saturated rings. The molecule has 0 saturated heterocycles. The number of hydrogen-bond acceptors (Lipinski definition) is 14. The maximum absolute atomic E-state index is 12.6. The number of benzene rings is 2. The van der Waals surface area contributed by atoms with Gasteiger partial charge < -0.3 is 30.0 Å². The topological polar surface area (TPSA) is 238 Å². The van der Waals surface area contributed by atoms with E-state index in [0.717, 1.165) is 32.9 Å². The molecule has 10 aromatic rings. The third kappa shape index (κ3) is 6.64. The molecule has 0 radical (unpaired) electrons. The van der Waals surface area contributed by atoms with E-state index in [1.807, 2.05) is 69.4 Å². The van der Waals surface area contributed by atoms with Gasteiger partial charge in [-0.15, -0.1) is 10.2 Å². The molecule has 5 N–H and O–H groups in total. The molecular weight excluding hydrogens is 729 g/mol. The number of nitrogens with two attached hydrogens (primary N) is 2. The number of fused-ring (bicyclic) bond motifs is 4. The molecule has 0 aliphatic rings. The summed E-state index contributed by atoms with van der Waals surface area (Å²) in [5.41, 5.74) is 18.3. The maximum atomic E-state index is 12.6. The minimum absolute atomic E-state index is 0.0988. The van der Waals surface area contributed by atoms with Crippen LogP contribution in [0.3, 0.4) is 0 Å². The van der Waals surface area contributed by atoms with Crippen molar-refractivity contribution in [2.45, 2.75) is 39.5 Å². The first-order valence-corrected chi connectivity index (χ1v) is 17.8. The monoisotopic (exact) mass is 762 g/mol. The van der Waals surface area contributed by atoms with E-state index in [-0.39, 0.29) is 11.9 Å². The normalized spacial score (nSPS) is 11.8. The molecule has 8 heterocycles. The van der Waals surface area contributed by atoms with Gasteiger partial charge in [-0.25, -0.2) is 24.1 Å². The Balaban J connectivity index is 0.000000153. The number of carbonyl (C=O) groups is 1. The van der Waals surface area contributed by atoms with Crippen LogP contribution in [-0.4, -0.2) is 71.2 Å². The molecule has 18 nitrogen and oxygen atoms in total. The molecule has 0 bridgehead atoms.